The minimum Gasteiger partial charge on any atom is -0.407 e. The van der Waals surface area contributed by atoms with Gasteiger partial charge in [-0.1, -0.05) is 127 Å². The number of nitrogens with zero attached hydrogens (tertiary/aromatic N) is 2. The number of rotatable bonds is 6. The van der Waals surface area contributed by atoms with Crippen LogP contribution < -0.4 is 0 Å². The zero-order chi connectivity index (χ0) is 40.0. The third-order valence-electron chi connectivity index (χ3n) is 11.7. The number of para-hydroxylation sites is 2. The Labute approximate surface area is 348 Å². The Hall–Kier alpha value is -6.44. The van der Waals surface area contributed by atoms with Gasteiger partial charge in [0.05, 0.1) is 16.5 Å². The Morgan fingerprint density at radius 1 is 0.492 bits per heavy atom. The fourth-order valence-electron chi connectivity index (χ4n) is 8.82. The fourth-order valence-corrected chi connectivity index (χ4v) is 9.95. The molecule has 0 fully saturated rings. The molecule has 9 aromatic carbocycles. The molecule has 0 aliphatic rings. The second-order valence-electron chi connectivity index (χ2n) is 15.3. The Kier molecular flexibility index (Phi) is 8.05. The van der Waals surface area contributed by atoms with Gasteiger partial charge in [0.2, 0.25) is 0 Å². The molecule has 4 nitrogen and oxygen atoms in total. The van der Waals surface area contributed by atoms with Crippen molar-refractivity contribution in [1.29, 1.82) is 0 Å². The van der Waals surface area contributed by atoms with E-state index in [0.717, 1.165) is 27.5 Å². The Morgan fingerprint density at radius 2 is 1.14 bits per heavy atom. The number of aliphatic hydroxyl groups is 2. The van der Waals surface area contributed by atoms with Crippen molar-refractivity contribution in [2.75, 3.05) is 0 Å². The monoisotopic (exact) mass is 768 g/mol. The summed E-state index contributed by atoms with van der Waals surface area (Å²) in [6.07, 6.45) is 0. The standard InChI is InChI=1S/C51H31B3N2O2S/c52-50(57,51(53,54)58)49-55-42-17-7-8-18-43(42)56(49)35-25-23-31-27-34(22-21-32(31)28-35)46-36-13-4-5-14-37(36)47(41-29-33(24-26-38(41)46)30-11-2-1-3-12-30)40-16-10-20-45-48(40)39-15-6-9-19-44(39)59-45/h1-29,57-58H. The van der Waals surface area contributed by atoms with Crippen molar-refractivity contribution in [2.45, 2.75) is 10.9 Å². The average molecular weight is 768 g/mol. The molecule has 0 aliphatic heterocycles. The summed E-state index contributed by atoms with van der Waals surface area (Å²) in [7, 11) is 17.8. The summed E-state index contributed by atoms with van der Waals surface area (Å²) in [4.78, 5) is 4.57. The third-order valence-corrected chi connectivity index (χ3v) is 12.8. The van der Waals surface area contributed by atoms with Crippen LogP contribution in [0.15, 0.2) is 176 Å². The van der Waals surface area contributed by atoms with E-state index in [0.29, 0.717) is 16.7 Å². The SMILES string of the molecule is [B]C([B])(O)C([B])(O)c1nc2ccccc2n1-c1ccc2cc(-c3c4ccccc4c(-c4cccc5sc6ccccc6c45)c4cc(-c5ccccc5)ccc34)ccc2c1. The van der Waals surface area contributed by atoms with Crippen molar-refractivity contribution in [3.63, 3.8) is 0 Å². The van der Waals surface area contributed by atoms with Crippen molar-refractivity contribution < 1.29 is 10.2 Å². The molecule has 2 aromatic heterocycles. The molecule has 0 saturated heterocycles. The Morgan fingerprint density at radius 3 is 1.95 bits per heavy atom. The first-order chi connectivity index (χ1) is 28.7. The highest BCUT2D eigenvalue weighted by Crippen LogP contribution is 2.49. The molecule has 0 spiro atoms. The van der Waals surface area contributed by atoms with Crippen molar-refractivity contribution >= 4 is 98.4 Å². The van der Waals surface area contributed by atoms with Gasteiger partial charge in [0, 0.05) is 31.3 Å². The second-order valence-corrected chi connectivity index (χ2v) is 16.4. The van der Waals surface area contributed by atoms with Crippen LogP contribution in [0.5, 0.6) is 0 Å². The molecule has 11 rings (SSSR count). The summed E-state index contributed by atoms with van der Waals surface area (Å²) in [5.74, 6) is -0.0822. The van der Waals surface area contributed by atoms with Crippen LogP contribution in [-0.2, 0) is 5.50 Å². The van der Waals surface area contributed by atoms with Crippen LogP contribution in [-0.4, -0.2) is 48.7 Å². The van der Waals surface area contributed by atoms with E-state index < -0.39 is 10.9 Å². The van der Waals surface area contributed by atoms with E-state index in [-0.39, 0.29) is 5.82 Å². The molecular weight excluding hydrogens is 737 g/mol. The van der Waals surface area contributed by atoms with Crippen molar-refractivity contribution in [1.82, 2.24) is 9.55 Å². The lowest BCUT2D eigenvalue weighted by Gasteiger charge is -2.37. The van der Waals surface area contributed by atoms with E-state index in [2.05, 4.69) is 138 Å². The fraction of sp³-hybridized carbons (Fsp3) is 0.0392. The first-order valence-corrected chi connectivity index (χ1v) is 20.3. The quantitative estimate of drug-likeness (QED) is 0.131. The molecule has 11 aromatic rings. The zero-order valence-electron chi connectivity index (χ0n) is 31.7. The lowest BCUT2D eigenvalue weighted by atomic mass is 9.49. The lowest BCUT2D eigenvalue weighted by molar-refractivity contribution is -0.00426. The van der Waals surface area contributed by atoms with Gasteiger partial charge >= 0.3 is 0 Å². The van der Waals surface area contributed by atoms with Gasteiger partial charge in [-0.3, -0.25) is 4.57 Å². The number of benzene rings is 9. The van der Waals surface area contributed by atoms with E-state index in [4.69, 9.17) is 23.5 Å². The number of fused-ring (bicyclic) bond motifs is 7. The van der Waals surface area contributed by atoms with Crippen LogP contribution >= 0.6 is 11.3 Å². The Bertz CT molecular complexity index is 3480. The van der Waals surface area contributed by atoms with Crippen LogP contribution in [0.3, 0.4) is 0 Å². The van der Waals surface area contributed by atoms with E-state index in [1.54, 1.807) is 10.6 Å². The van der Waals surface area contributed by atoms with E-state index in [1.165, 1.54) is 58.4 Å². The molecule has 8 heteroatoms. The van der Waals surface area contributed by atoms with Crippen LogP contribution in [0.25, 0.3) is 103 Å². The van der Waals surface area contributed by atoms with E-state index in [1.807, 2.05) is 47.7 Å². The number of imidazole rings is 1. The molecule has 2 heterocycles. The highest BCUT2D eigenvalue weighted by Gasteiger charge is 2.41. The molecule has 0 amide bonds. The third kappa shape index (κ3) is 5.59. The molecule has 59 heavy (non-hydrogen) atoms. The van der Waals surface area contributed by atoms with Crippen molar-refractivity contribution in [3.8, 4) is 39.1 Å². The number of aromatic nitrogens is 2. The normalized spacial score (nSPS) is 13.3. The minimum absolute atomic E-state index is 0.0822. The van der Waals surface area contributed by atoms with Gasteiger partial charge in [-0.25, -0.2) is 4.98 Å². The summed E-state index contributed by atoms with van der Waals surface area (Å²) >= 11 is 1.84. The first-order valence-electron chi connectivity index (χ1n) is 19.4. The summed E-state index contributed by atoms with van der Waals surface area (Å²) in [5.41, 5.74) is 6.36. The maximum Gasteiger partial charge on any atom is 0.138 e. The van der Waals surface area contributed by atoms with Crippen LogP contribution in [0.2, 0.25) is 0 Å². The smallest absolute Gasteiger partial charge is 0.138 e. The molecular formula is C51H31B3N2O2S. The number of thiophene rings is 1. The largest absolute Gasteiger partial charge is 0.407 e. The van der Waals surface area contributed by atoms with Gasteiger partial charge in [-0.05, 0) is 114 Å². The maximum atomic E-state index is 11.3. The van der Waals surface area contributed by atoms with Gasteiger partial charge in [0.15, 0.2) is 0 Å². The molecule has 272 valence electrons. The molecule has 0 bridgehead atoms. The van der Waals surface area contributed by atoms with Crippen molar-refractivity contribution in [2.24, 2.45) is 0 Å². The molecule has 0 aliphatic carbocycles. The molecule has 0 saturated carbocycles. The number of hydrogen-bond acceptors (Lipinski definition) is 4. The molecule has 6 radical (unpaired) electrons. The van der Waals surface area contributed by atoms with Gasteiger partial charge in [-0.15, -0.1) is 11.3 Å². The van der Waals surface area contributed by atoms with Crippen LogP contribution in [0.1, 0.15) is 5.82 Å². The average Bonchev–Trinajstić information content (AvgIpc) is 3.85. The van der Waals surface area contributed by atoms with E-state index >= 15 is 0 Å². The number of hydrogen-bond donors (Lipinski definition) is 2. The van der Waals surface area contributed by atoms with Gasteiger partial charge < -0.3 is 10.2 Å². The lowest BCUT2D eigenvalue weighted by Crippen LogP contribution is -2.54. The summed E-state index contributed by atoms with van der Waals surface area (Å²) < 4.78 is 4.24. The maximum absolute atomic E-state index is 11.3. The minimum atomic E-state index is -2.66. The highest BCUT2D eigenvalue weighted by molar-refractivity contribution is 7.26. The van der Waals surface area contributed by atoms with Gasteiger partial charge in [0.1, 0.15) is 29.4 Å². The predicted octanol–water partition coefficient (Wildman–Crippen LogP) is 11.2. The Balaban J connectivity index is 1.15. The summed E-state index contributed by atoms with van der Waals surface area (Å²) in [6.45, 7) is 0. The van der Waals surface area contributed by atoms with E-state index in [9.17, 15) is 10.2 Å². The second kappa shape index (κ2) is 13.3. The predicted molar refractivity (Wildman–Crippen MR) is 249 cm³/mol. The molecule has 1 atom stereocenters. The zero-order valence-corrected chi connectivity index (χ0v) is 32.5. The van der Waals surface area contributed by atoms with Crippen LogP contribution in [0, 0.1) is 0 Å². The first kappa shape index (κ1) is 35.7. The molecule has 2 N–H and O–H groups in total. The van der Waals surface area contributed by atoms with Gasteiger partial charge in [-0.2, -0.15) is 0 Å². The van der Waals surface area contributed by atoms with Gasteiger partial charge in [0.25, 0.3) is 0 Å². The highest BCUT2D eigenvalue weighted by atomic mass is 32.1. The summed E-state index contributed by atoms with van der Waals surface area (Å²) in [5, 5.41) is 28.4. The molecule has 1 unspecified atom stereocenters. The topological polar surface area (TPSA) is 58.3 Å². The summed E-state index contributed by atoms with van der Waals surface area (Å²) in [6, 6.07) is 61.6. The van der Waals surface area contributed by atoms with Crippen molar-refractivity contribution in [3.05, 3.63) is 182 Å². The van der Waals surface area contributed by atoms with Crippen LogP contribution in [0.4, 0.5) is 0 Å².